The van der Waals surface area contributed by atoms with E-state index in [2.05, 4.69) is 5.32 Å². The second-order valence-corrected chi connectivity index (χ2v) is 11.1. The van der Waals surface area contributed by atoms with Gasteiger partial charge in [-0.2, -0.15) is 0 Å². The molecule has 0 aromatic heterocycles. The molecule has 0 spiro atoms. The highest BCUT2D eigenvalue weighted by molar-refractivity contribution is 6.32. The average Bonchev–Trinajstić information content (AvgIpc) is 2.83. The number of nitrogens with zero attached hydrogens (tertiary/aromatic N) is 1. The molecule has 0 aliphatic rings. The first-order chi connectivity index (χ1) is 17.4. The summed E-state index contributed by atoms with van der Waals surface area (Å²) in [4.78, 5) is 28.9. The van der Waals surface area contributed by atoms with Crippen molar-refractivity contribution in [2.45, 2.75) is 59.2 Å². The van der Waals surface area contributed by atoms with Crippen molar-refractivity contribution < 1.29 is 14.3 Å². The lowest BCUT2D eigenvalue weighted by atomic mass is 10.0. The van der Waals surface area contributed by atoms with Gasteiger partial charge in [0, 0.05) is 28.5 Å². The first-order valence-electron chi connectivity index (χ1n) is 12.2. The number of carbonyl (C=O) groups is 2. The summed E-state index contributed by atoms with van der Waals surface area (Å²) in [5, 5.41) is 4.33. The molecule has 0 bridgehead atoms. The molecule has 0 aliphatic heterocycles. The summed E-state index contributed by atoms with van der Waals surface area (Å²) in [5.41, 5.74) is 3.09. The lowest BCUT2D eigenvalue weighted by molar-refractivity contribution is -0.143. The molecule has 0 fully saturated rings. The molecule has 1 N–H and O–H groups in total. The van der Waals surface area contributed by atoms with Crippen molar-refractivity contribution in [3.8, 4) is 5.75 Å². The number of hydrogen-bond acceptors (Lipinski definition) is 3. The second-order valence-electron chi connectivity index (χ2n) is 10.3. The first-order valence-corrected chi connectivity index (χ1v) is 13.0. The van der Waals surface area contributed by atoms with E-state index in [-0.39, 0.29) is 25.0 Å². The maximum Gasteiger partial charge on any atom is 0.261 e. The largest absolute Gasteiger partial charge is 0.484 e. The predicted octanol–water partition coefficient (Wildman–Crippen LogP) is 6.54. The SMILES string of the molecule is Cc1cc(OCC(=O)N(Cc2ccc(Cl)cc2)[C@H](Cc2ccccc2)C(=O)NC(C)(C)C)cc(C)c1Cl. The van der Waals surface area contributed by atoms with Gasteiger partial charge in [-0.3, -0.25) is 9.59 Å². The molecule has 37 heavy (non-hydrogen) atoms. The smallest absolute Gasteiger partial charge is 0.261 e. The summed E-state index contributed by atoms with van der Waals surface area (Å²) < 4.78 is 5.90. The van der Waals surface area contributed by atoms with E-state index in [9.17, 15) is 9.59 Å². The zero-order valence-corrected chi connectivity index (χ0v) is 23.5. The van der Waals surface area contributed by atoms with Crippen LogP contribution in [0.3, 0.4) is 0 Å². The van der Waals surface area contributed by atoms with Gasteiger partial charge in [-0.05, 0) is 81.1 Å². The summed E-state index contributed by atoms with van der Waals surface area (Å²) in [6, 6.07) is 19.8. The fraction of sp³-hybridized carbons (Fsp3) is 0.333. The number of amides is 2. The summed E-state index contributed by atoms with van der Waals surface area (Å²) in [6.07, 6.45) is 0.362. The molecular formula is C30H34Cl2N2O3. The van der Waals surface area contributed by atoms with Crippen molar-refractivity contribution in [3.05, 3.63) is 99.0 Å². The quantitative estimate of drug-likeness (QED) is 0.335. The number of halogens is 2. The molecule has 5 nitrogen and oxygen atoms in total. The van der Waals surface area contributed by atoms with Crippen LogP contribution >= 0.6 is 23.2 Å². The van der Waals surface area contributed by atoms with Gasteiger partial charge in [-0.1, -0.05) is 65.7 Å². The van der Waals surface area contributed by atoms with Gasteiger partial charge < -0.3 is 15.0 Å². The zero-order valence-electron chi connectivity index (χ0n) is 22.0. The van der Waals surface area contributed by atoms with E-state index in [1.165, 1.54) is 0 Å². The van der Waals surface area contributed by atoms with Crippen LogP contribution < -0.4 is 10.1 Å². The predicted molar refractivity (Wildman–Crippen MR) is 150 cm³/mol. The maximum absolute atomic E-state index is 13.7. The van der Waals surface area contributed by atoms with Crippen molar-refractivity contribution in [2.75, 3.05) is 6.61 Å². The first kappa shape index (κ1) is 28.5. The Labute approximate surface area is 229 Å². The van der Waals surface area contributed by atoms with Crippen molar-refractivity contribution >= 4 is 35.0 Å². The van der Waals surface area contributed by atoms with Crippen molar-refractivity contribution in [1.29, 1.82) is 0 Å². The van der Waals surface area contributed by atoms with Gasteiger partial charge >= 0.3 is 0 Å². The molecule has 0 unspecified atom stereocenters. The van der Waals surface area contributed by atoms with Gasteiger partial charge in [0.05, 0.1) is 0 Å². The Hall–Kier alpha value is -3.02. The molecule has 2 amide bonds. The highest BCUT2D eigenvalue weighted by atomic mass is 35.5. The Morgan fingerprint density at radius 2 is 1.51 bits per heavy atom. The second kappa shape index (κ2) is 12.5. The molecule has 0 saturated carbocycles. The molecule has 196 valence electrons. The van der Waals surface area contributed by atoms with Crippen LogP contribution in [0.15, 0.2) is 66.7 Å². The Balaban J connectivity index is 1.94. The molecule has 0 heterocycles. The molecule has 3 aromatic rings. The minimum absolute atomic E-state index is 0.220. The summed E-state index contributed by atoms with van der Waals surface area (Å²) in [6.45, 7) is 9.56. The van der Waals surface area contributed by atoms with Crippen molar-refractivity contribution in [3.63, 3.8) is 0 Å². The summed E-state index contributed by atoms with van der Waals surface area (Å²) in [7, 11) is 0. The minimum Gasteiger partial charge on any atom is -0.484 e. The van der Waals surface area contributed by atoms with Crippen molar-refractivity contribution in [2.24, 2.45) is 0 Å². The molecule has 3 rings (SSSR count). The van der Waals surface area contributed by atoms with Gasteiger partial charge in [-0.15, -0.1) is 0 Å². The molecule has 0 aliphatic carbocycles. The van der Waals surface area contributed by atoms with E-state index in [4.69, 9.17) is 27.9 Å². The van der Waals surface area contributed by atoms with Crippen LogP contribution in [-0.2, 0) is 22.6 Å². The Bertz CT molecular complexity index is 1200. The van der Waals surface area contributed by atoms with Gasteiger partial charge in [0.1, 0.15) is 11.8 Å². The van der Waals surface area contributed by atoms with E-state index in [0.717, 1.165) is 22.3 Å². The maximum atomic E-state index is 13.7. The highest BCUT2D eigenvalue weighted by Gasteiger charge is 2.32. The lowest BCUT2D eigenvalue weighted by Crippen LogP contribution is -2.55. The van der Waals surface area contributed by atoms with Crippen LogP contribution in [0.4, 0.5) is 0 Å². The fourth-order valence-corrected chi connectivity index (χ4v) is 4.25. The third kappa shape index (κ3) is 8.51. The molecule has 0 saturated heterocycles. The Morgan fingerprint density at radius 1 is 0.919 bits per heavy atom. The molecule has 1 atom stereocenters. The van der Waals surface area contributed by atoms with Gasteiger partial charge in [-0.25, -0.2) is 0 Å². The normalized spacial score (nSPS) is 12.1. The fourth-order valence-electron chi connectivity index (χ4n) is 4.01. The average molecular weight is 542 g/mol. The minimum atomic E-state index is -0.748. The highest BCUT2D eigenvalue weighted by Crippen LogP contribution is 2.26. The molecule has 3 aromatic carbocycles. The van der Waals surface area contributed by atoms with Gasteiger partial charge in [0.15, 0.2) is 6.61 Å². The van der Waals surface area contributed by atoms with Gasteiger partial charge in [0.2, 0.25) is 5.91 Å². The van der Waals surface area contributed by atoms with Crippen LogP contribution in [-0.4, -0.2) is 34.9 Å². The monoisotopic (exact) mass is 540 g/mol. The molecule has 0 radical (unpaired) electrons. The van der Waals surface area contributed by atoms with E-state index < -0.39 is 11.6 Å². The van der Waals surface area contributed by atoms with Crippen LogP contribution in [0.1, 0.15) is 43.0 Å². The number of aryl methyl sites for hydroxylation is 2. The number of nitrogens with one attached hydrogen (secondary N) is 1. The number of ether oxygens (including phenoxy) is 1. The van der Waals surface area contributed by atoms with E-state index >= 15 is 0 Å². The molecular weight excluding hydrogens is 507 g/mol. The standard InChI is InChI=1S/C30H34Cl2N2O3/c1-20-15-25(16-21(2)28(20)32)37-19-27(35)34(18-23-11-13-24(31)14-12-23)26(29(36)33-30(3,4)5)17-22-9-7-6-8-10-22/h6-16,26H,17-19H2,1-5H3,(H,33,36)/t26-/m1/s1. The summed E-state index contributed by atoms with van der Waals surface area (Å²) in [5.74, 6) is 0.0278. The number of benzene rings is 3. The topological polar surface area (TPSA) is 58.6 Å². The van der Waals surface area contributed by atoms with E-state index in [0.29, 0.717) is 22.2 Å². The number of rotatable bonds is 9. The zero-order chi connectivity index (χ0) is 27.2. The third-order valence-corrected chi connectivity index (χ3v) is 6.66. The van der Waals surface area contributed by atoms with E-state index in [1.54, 1.807) is 29.2 Å². The van der Waals surface area contributed by atoms with Crippen LogP contribution in [0.5, 0.6) is 5.75 Å². The van der Waals surface area contributed by atoms with E-state index in [1.807, 2.05) is 77.1 Å². The van der Waals surface area contributed by atoms with Crippen LogP contribution in [0.2, 0.25) is 10.0 Å². The van der Waals surface area contributed by atoms with Crippen LogP contribution in [0, 0.1) is 13.8 Å². The third-order valence-electron chi connectivity index (χ3n) is 5.81. The number of carbonyl (C=O) groups excluding carboxylic acids is 2. The van der Waals surface area contributed by atoms with Gasteiger partial charge in [0.25, 0.3) is 5.91 Å². The lowest BCUT2D eigenvalue weighted by Gasteiger charge is -2.33. The molecule has 7 heteroatoms. The Kier molecular flexibility index (Phi) is 9.63. The summed E-state index contributed by atoms with van der Waals surface area (Å²) >= 11 is 12.4. The Morgan fingerprint density at radius 3 is 2.08 bits per heavy atom. The van der Waals surface area contributed by atoms with Crippen molar-refractivity contribution in [1.82, 2.24) is 10.2 Å². The number of hydrogen-bond donors (Lipinski definition) is 1. The van der Waals surface area contributed by atoms with Crippen LogP contribution in [0.25, 0.3) is 0 Å².